The summed E-state index contributed by atoms with van der Waals surface area (Å²) < 4.78 is 6.27. The van der Waals surface area contributed by atoms with Crippen molar-refractivity contribution >= 4 is 48.5 Å². The van der Waals surface area contributed by atoms with Gasteiger partial charge in [-0.1, -0.05) is 48.0 Å². The number of aromatic nitrogens is 1. The van der Waals surface area contributed by atoms with Gasteiger partial charge < -0.3 is 10.1 Å². The van der Waals surface area contributed by atoms with Gasteiger partial charge in [-0.15, -0.1) is 0 Å². The number of benzene rings is 1. The normalized spacial score (nSPS) is 33.3. The van der Waals surface area contributed by atoms with E-state index in [2.05, 4.69) is 47.0 Å². The molecule has 0 radical (unpaired) electrons. The van der Waals surface area contributed by atoms with E-state index in [9.17, 15) is 4.79 Å². The van der Waals surface area contributed by atoms with Gasteiger partial charge in [0.25, 0.3) is 0 Å². The Labute approximate surface area is 154 Å². The van der Waals surface area contributed by atoms with Gasteiger partial charge >= 0.3 is 0 Å². The quantitative estimate of drug-likeness (QED) is 0.739. The Morgan fingerprint density at radius 3 is 2.71 bits per heavy atom. The first kappa shape index (κ1) is 16.3. The van der Waals surface area contributed by atoms with Crippen LogP contribution in [0, 0.1) is 16.2 Å². The highest BCUT2D eigenvalue weighted by atomic mass is 79.9. The molecule has 24 heavy (non-hydrogen) atoms. The largest absolute Gasteiger partial charge is 0.497 e. The van der Waals surface area contributed by atoms with E-state index in [1.807, 2.05) is 18.2 Å². The summed E-state index contributed by atoms with van der Waals surface area (Å²) in [5.74, 6) is 0.894. The minimum Gasteiger partial charge on any atom is -0.497 e. The number of hydrogen-bond acceptors (Lipinski definition) is 4. The highest BCUT2D eigenvalue weighted by molar-refractivity contribution is 9.09. The van der Waals surface area contributed by atoms with Gasteiger partial charge in [-0.25, -0.2) is 4.98 Å². The van der Waals surface area contributed by atoms with E-state index < -0.39 is 0 Å². The number of carbonyl (C=O) groups excluding carboxylic acids is 1. The minimum atomic E-state index is -0.350. The van der Waals surface area contributed by atoms with Crippen molar-refractivity contribution in [1.29, 1.82) is 0 Å². The second-order valence-corrected chi connectivity index (χ2v) is 9.63. The Kier molecular flexibility index (Phi) is 3.37. The molecule has 128 valence electrons. The SMILES string of the molecule is COc1ccc2nc(NC(=O)C34CCC(C)(C3Br)C4(C)C)sc2c1. The summed E-state index contributed by atoms with van der Waals surface area (Å²) in [6.45, 7) is 6.73. The smallest absolute Gasteiger partial charge is 0.234 e. The topological polar surface area (TPSA) is 51.2 Å². The van der Waals surface area contributed by atoms with Crippen molar-refractivity contribution in [3.05, 3.63) is 18.2 Å². The number of ether oxygens (including phenoxy) is 1. The predicted octanol–water partition coefficient (Wildman–Crippen LogP) is 4.83. The summed E-state index contributed by atoms with van der Waals surface area (Å²) in [5.41, 5.74) is 0.703. The molecule has 3 fully saturated rings. The molecule has 3 aliphatic rings. The molecule has 1 N–H and O–H groups in total. The minimum absolute atomic E-state index is 0.0157. The Balaban J connectivity index is 1.63. The standard InChI is InChI=1S/C18H21BrN2O2S/c1-16(2)17(3)7-8-18(16,13(17)19)14(22)21-15-20-11-6-5-10(23-4)9-12(11)24-15/h5-6,9,13H,7-8H2,1-4H3,(H,20,21,22). The number of alkyl halides is 1. The third kappa shape index (κ3) is 1.74. The van der Waals surface area contributed by atoms with Gasteiger partial charge in [0, 0.05) is 4.83 Å². The van der Waals surface area contributed by atoms with Crippen LogP contribution < -0.4 is 10.1 Å². The second kappa shape index (κ2) is 4.94. The fourth-order valence-corrected chi connectivity index (χ4v) is 7.45. The zero-order valence-corrected chi connectivity index (χ0v) is 16.7. The van der Waals surface area contributed by atoms with Gasteiger partial charge in [0.1, 0.15) is 5.75 Å². The molecule has 2 bridgehead atoms. The van der Waals surface area contributed by atoms with Gasteiger partial charge in [-0.05, 0) is 41.9 Å². The number of fused-ring (bicyclic) bond motifs is 2. The third-order valence-corrected chi connectivity index (χ3v) is 9.52. The van der Waals surface area contributed by atoms with E-state index in [0.29, 0.717) is 5.13 Å². The number of rotatable bonds is 3. The van der Waals surface area contributed by atoms with E-state index in [1.54, 1.807) is 7.11 Å². The average Bonchev–Trinajstić information content (AvgIpc) is 3.14. The van der Waals surface area contributed by atoms with Crippen molar-refractivity contribution < 1.29 is 9.53 Å². The summed E-state index contributed by atoms with van der Waals surface area (Å²) in [5, 5.41) is 3.75. The van der Waals surface area contributed by atoms with Gasteiger partial charge in [0.15, 0.2) is 5.13 Å². The molecule has 0 aliphatic heterocycles. The highest BCUT2D eigenvalue weighted by Crippen LogP contribution is 2.79. The molecule has 2 aromatic rings. The van der Waals surface area contributed by atoms with Crippen LogP contribution in [-0.2, 0) is 4.79 Å². The molecule has 3 aliphatic carbocycles. The number of nitrogens with zero attached hydrogens (tertiary/aromatic N) is 1. The molecule has 5 rings (SSSR count). The lowest BCUT2D eigenvalue weighted by molar-refractivity contribution is -0.155. The van der Waals surface area contributed by atoms with Crippen LogP contribution in [0.4, 0.5) is 5.13 Å². The van der Waals surface area contributed by atoms with Crippen LogP contribution in [0.25, 0.3) is 10.2 Å². The molecule has 1 heterocycles. The number of methoxy groups -OCH3 is 1. The lowest BCUT2D eigenvalue weighted by Crippen LogP contribution is -2.68. The Morgan fingerprint density at radius 2 is 2.12 bits per heavy atom. The lowest BCUT2D eigenvalue weighted by Gasteiger charge is -2.64. The van der Waals surface area contributed by atoms with E-state index in [1.165, 1.54) is 11.3 Å². The summed E-state index contributed by atoms with van der Waals surface area (Å²) >= 11 is 5.31. The van der Waals surface area contributed by atoms with E-state index in [-0.39, 0.29) is 27.0 Å². The van der Waals surface area contributed by atoms with Crippen molar-refractivity contribution in [1.82, 2.24) is 4.98 Å². The van der Waals surface area contributed by atoms with Crippen LogP contribution in [0.5, 0.6) is 5.75 Å². The molecular weight excluding hydrogens is 388 g/mol. The molecule has 4 nitrogen and oxygen atoms in total. The summed E-state index contributed by atoms with van der Waals surface area (Å²) in [6, 6.07) is 5.76. The van der Waals surface area contributed by atoms with Crippen LogP contribution in [0.3, 0.4) is 0 Å². The van der Waals surface area contributed by atoms with E-state index >= 15 is 0 Å². The average molecular weight is 409 g/mol. The molecule has 0 saturated heterocycles. The van der Waals surface area contributed by atoms with E-state index in [4.69, 9.17) is 4.74 Å². The summed E-state index contributed by atoms with van der Waals surface area (Å²) in [4.78, 5) is 17.9. The van der Waals surface area contributed by atoms with Crippen LogP contribution in [0.2, 0.25) is 0 Å². The van der Waals surface area contributed by atoms with Crippen LogP contribution in [0.15, 0.2) is 18.2 Å². The molecule has 1 amide bonds. The molecular formula is C18H21BrN2O2S. The second-order valence-electron chi connectivity index (χ2n) is 7.68. The monoisotopic (exact) mass is 408 g/mol. The fourth-order valence-electron chi connectivity index (χ4n) is 4.75. The van der Waals surface area contributed by atoms with Crippen LogP contribution >= 0.6 is 27.3 Å². The first-order valence-corrected chi connectivity index (χ1v) is 9.89. The van der Waals surface area contributed by atoms with Crippen molar-refractivity contribution in [2.24, 2.45) is 16.2 Å². The Bertz CT molecular complexity index is 849. The van der Waals surface area contributed by atoms with Crippen molar-refractivity contribution in [2.45, 2.75) is 38.4 Å². The van der Waals surface area contributed by atoms with Gasteiger partial charge in [0.2, 0.25) is 5.91 Å². The lowest BCUT2D eigenvalue weighted by atomic mass is 9.43. The van der Waals surface area contributed by atoms with Crippen LogP contribution in [-0.4, -0.2) is 22.8 Å². The number of halogens is 1. The molecule has 3 saturated carbocycles. The zero-order valence-electron chi connectivity index (χ0n) is 14.3. The number of nitrogens with one attached hydrogen (secondary N) is 1. The summed E-state index contributed by atoms with van der Waals surface area (Å²) in [6.07, 6.45) is 2.01. The van der Waals surface area contributed by atoms with Crippen molar-refractivity contribution in [2.75, 3.05) is 12.4 Å². The van der Waals surface area contributed by atoms with Gasteiger partial charge in [0.05, 0.1) is 22.7 Å². The Morgan fingerprint density at radius 1 is 1.38 bits per heavy atom. The van der Waals surface area contributed by atoms with Gasteiger partial charge in [-0.3, -0.25) is 4.79 Å². The Hall–Kier alpha value is -1.14. The zero-order chi connectivity index (χ0) is 17.3. The molecule has 3 atom stereocenters. The molecule has 1 aromatic carbocycles. The highest BCUT2D eigenvalue weighted by Gasteiger charge is 2.80. The molecule has 6 heteroatoms. The molecule has 1 aromatic heterocycles. The number of anilines is 1. The maximum atomic E-state index is 13.1. The van der Waals surface area contributed by atoms with Gasteiger partial charge in [-0.2, -0.15) is 0 Å². The predicted molar refractivity (Wildman–Crippen MR) is 101 cm³/mol. The number of amides is 1. The first-order valence-electron chi connectivity index (χ1n) is 8.16. The van der Waals surface area contributed by atoms with Crippen molar-refractivity contribution in [3.8, 4) is 5.75 Å². The maximum absolute atomic E-state index is 13.1. The van der Waals surface area contributed by atoms with Crippen LogP contribution in [0.1, 0.15) is 33.6 Å². The van der Waals surface area contributed by atoms with Crippen molar-refractivity contribution in [3.63, 3.8) is 0 Å². The van der Waals surface area contributed by atoms with E-state index in [0.717, 1.165) is 28.8 Å². The number of hydrogen-bond donors (Lipinski definition) is 1. The fraction of sp³-hybridized carbons (Fsp3) is 0.556. The summed E-state index contributed by atoms with van der Waals surface area (Å²) in [7, 11) is 1.65. The third-order valence-electron chi connectivity index (χ3n) is 6.80. The number of thiazole rings is 1. The number of carbonyl (C=O) groups is 1. The first-order chi connectivity index (χ1) is 11.3. The molecule has 0 spiro atoms. The maximum Gasteiger partial charge on any atom is 0.234 e. The molecule has 3 unspecified atom stereocenters.